The van der Waals surface area contributed by atoms with E-state index in [4.69, 9.17) is 17.4 Å². The average Bonchev–Trinajstić information content (AvgIpc) is 2.43. The monoisotopic (exact) mass is 315 g/mol. The lowest BCUT2D eigenvalue weighted by Gasteiger charge is -2.09. The van der Waals surface area contributed by atoms with Crippen LogP contribution >= 0.6 is 11.6 Å². The van der Waals surface area contributed by atoms with Crippen molar-refractivity contribution in [1.29, 1.82) is 0 Å². The topological polar surface area (TPSA) is 84.2 Å². The molecule has 2 aromatic carbocycles. The minimum absolute atomic E-state index is 0.0341. The highest BCUT2D eigenvalue weighted by atomic mass is 35.5. The predicted molar refractivity (Wildman–Crippen MR) is 76.5 cm³/mol. The van der Waals surface area contributed by atoms with Crippen molar-refractivity contribution >= 4 is 33.0 Å². The molecule has 0 saturated carbocycles. The number of nitrogen functional groups attached to an aromatic ring is 1. The van der Waals surface area contributed by atoms with E-state index in [1.165, 1.54) is 36.4 Å². The first kappa shape index (κ1) is 14.6. The highest BCUT2D eigenvalue weighted by Gasteiger charge is 2.14. The molecule has 5 nitrogen and oxygen atoms in total. The predicted octanol–water partition coefficient (Wildman–Crippen LogP) is 2.57. The molecule has 0 heterocycles. The first-order valence-corrected chi connectivity index (χ1v) is 7.33. The van der Waals surface area contributed by atoms with Gasteiger partial charge in [0, 0.05) is 5.69 Å². The van der Waals surface area contributed by atoms with E-state index in [2.05, 4.69) is 10.1 Å². The zero-order valence-corrected chi connectivity index (χ0v) is 11.7. The number of nitrogens with one attached hydrogen (secondary N) is 2. The first-order chi connectivity index (χ1) is 9.42. The Morgan fingerprint density at radius 2 is 1.65 bits per heavy atom. The van der Waals surface area contributed by atoms with E-state index in [1.54, 1.807) is 0 Å². The number of benzene rings is 2. The molecule has 0 unspecified atom stereocenters. The first-order valence-electron chi connectivity index (χ1n) is 5.47. The maximum absolute atomic E-state index is 13.3. The van der Waals surface area contributed by atoms with Gasteiger partial charge in [-0.25, -0.2) is 12.8 Å². The number of hydrogen-bond donors (Lipinski definition) is 3. The quantitative estimate of drug-likeness (QED) is 0.598. The summed E-state index contributed by atoms with van der Waals surface area (Å²) in [6, 6.07) is 9.44. The summed E-state index contributed by atoms with van der Waals surface area (Å²) in [6.07, 6.45) is 0. The van der Waals surface area contributed by atoms with E-state index in [0.717, 1.165) is 6.07 Å². The van der Waals surface area contributed by atoms with Crippen LogP contribution in [0.1, 0.15) is 0 Å². The molecule has 0 atom stereocenters. The summed E-state index contributed by atoms with van der Waals surface area (Å²) in [5.41, 5.74) is 3.05. The molecule has 4 N–H and O–H groups in total. The molecule has 2 aromatic rings. The second-order valence-corrected chi connectivity index (χ2v) is 5.99. The number of nitrogens with two attached hydrogens (primary N) is 1. The fourth-order valence-electron chi connectivity index (χ4n) is 1.50. The third-order valence-electron chi connectivity index (χ3n) is 2.50. The lowest BCUT2D eigenvalue weighted by molar-refractivity contribution is 0.601. The number of hydrogen-bond acceptors (Lipinski definition) is 4. The van der Waals surface area contributed by atoms with Crippen LogP contribution in [0.4, 0.5) is 15.8 Å². The number of halogens is 2. The Labute approximate surface area is 120 Å². The Morgan fingerprint density at radius 1 is 1.05 bits per heavy atom. The van der Waals surface area contributed by atoms with Gasteiger partial charge >= 0.3 is 0 Å². The van der Waals surface area contributed by atoms with Crippen molar-refractivity contribution in [2.45, 2.75) is 4.90 Å². The molecule has 0 bridgehead atoms. The molecule has 0 fully saturated rings. The summed E-state index contributed by atoms with van der Waals surface area (Å²) < 4.78 is 39.7. The van der Waals surface area contributed by atoms with Crippen LogP contribution in [0.5, 0.6) is 0 Å². The van der Waals surface area contributed by atoms with E-state index in [0.29, 0.717) is 5.69 Å². The van der Waals surface area contributed by atoms with Crippen molar-refractivity contribution in [3.8, 4) is 0 Å². The van der Waals surface area contributed by atoms with Crippen molar-refractivity contribution in [2.75, 3.05) is 10.1 Å². The van der Waals surface area contributed by atoms with Crippen molar-refractivity contribution in [2.24, 2.45) is 5.84 Å². The van der Waals surface area contributed by atoms with Gasteiger partial charge in [0.2, 0.25) is 0 Å². The normalized spacial score (nSPS) is 11.2. The van der Waals surface area contributed by atoms with Crippen LogP contribution in [0.15, 0.2) is 47.4 Å². The summed E-state index contributed by atoms with van der Waals surface area (Å²) in [4.78, 5) is 0.0341. The Hall–Kier alpha value is -1.83. The van der Waals surface area contributed by atoms with Gasteiger partial charge < -0.3 is 5.43 Å². The summed E-state index contributed by atoms with van der Waals surface area (Å²) in [5, 5.41) is -0.0775. The van der Waals surface area contributed by atoms with Crippen molar-refractivity contribution < 1.29 is 12.8 Å². The molecular formula is C12H11ClFN3O2S. The molecule has 2 rings (SSSR count). The fourth-order valence-corrected chi connectivity index (χ4v) is 2.67. The zero-order chi connectivity index (χ0) is 14.8. The van der Waals surface area contributed by atoms with Crippen LogP contribution in [0, 0.1) is 5.82 Å². The molecule has 20 heavy (non-hydrogen) atoms. The molecule has 0 spiro atoms. The van der Waals surface area contributed by atoms with Crippen molar-refractivity contribution in [1.82, 2.24) is 0 Å². The lowest BCUT2D eigenvalue weighted by atomic mass is 10.3. The standard InChI is InChI=1S/C12H11ClFN3O2S/c13-11-6-3-9(7-12(11)14)17-20(18,19)10-4-1-8(16-15)2-5-10/h1-7,16-17H,15H2. The molecule has 0 saturated heterocycles. The second kappa shape index (κ2) is 5.66. The van der Waals surface area contributed by atoms with E-state index >= 15 is 0 Å². The molecule has 0 radical (unpaired) electrons. The Bertz CT molecular complexity index is 720. The SMILES string of the molecule is NNc1ccc(S(=O)(=O)Nc2ccc(Cl)c(F)c2)cc1. The second-order valence-electron chi connectivity index (χ2n) is 3.90. The number of anilines is 2. The minimum atomic E-state index is -3.80. The minimum Gasteiger partial charge on any atom is -0.324 e. The van der Waals surface area contributed by atoms with Gasteiger partial charge in [-0.05, 0) is 42.5 Å². The van der Waals surface area contributed by atoms with Gasteiger partial charge in [0.15, 0.2) is 0 Å². The Kier molecular flexibility index (Phi) is 4.12. The molecule has 0 aliphatic rings. The van der Waals surface area contributed by atoms with Crippen molar-refractivity contribution in [3.63, 3.8) is 0 Å². The van der Waals surface area contributed by atoms with Gasteiger partial charge in [-0.15, -0.1) is 0 Å². The summed E-state index contributed by atoms with van der Waals surface area (Å²) in [7, 11) is -3.80. The molecule has 106 valence electrons. The van der Waals surface area contributed by atoms with Crippen LogP contribution in [-0.2, 0) is 10.0 Å². The molecule has 0 aromatic heterocycles. The summed E-state index contributed by atoms with van der Waals surface area (Å²) >= 11 is 5.53. The maximum Gasteiger partial charge on any atom is 0.261 e. The van der Waals surface area contributed by atoms with E-state index in [1.807, 2.05) is 0 Å². The van der Waals surface area contributed by atoms with E-state index in [-0.39, 0.29) is 15.6 Å². The third-order valence-corrected chi connectivity index (χ3v) is 4.21. The Balaban J connectivity index is 2.27. The van der Waals surface area contributed by atoms with Gasteiger partial charge in [0.1, 0.15) is 5.82 Å². The zero-order valence-electron chi connectivity index (χ0n) is 10.1. The van der Waals surface area contributed by atoms with E-state index in [9.17, 15) is 12.8 Å². The van der Waals surface area contributed by atoms with Gasteiger partial charge in [-0.3, -0.25) is 10.6 Å². The largest absolute Gasteiger partial charge is 0.324 e. The van der Waals surface area contributed by atoms with Crippen LogP contribution in [0.3, 0.4) is 0 Å². The summed E-state index contributed by atoms with van der Waals surface area (Å²) in [5.74, 6) is 4.49. The van der Waals surface area contributed by atoms with Crippen LogP contribution in [0.25, 0.3) is 0 Å². The van der Waals surface area contributed by atoms with Gasteiger partial charge in [0.25, 0.3) is 10.0 Å². The molecule has 0 aliphatic heterocycles. The molecule has 0 amide bonds. The number of sulfonamides is 1. The Morgan fingerprint density at radius 3 is 2.20 bits per heavy atom. The highest BCUT2D eigenvalue weighted by Crippen LogP contribution is 2.22. The van der Waals surface area contributed by atoms with Crippen LogP contribution in [-0.4, -0.2) is 8.42 Å². The molecular weight excluding hydrogens is 305 g/mol. The third kappa shape index (κ3) is 3.19. The highest BCUT2D eigenvalue weighted by molar-refractivity contribution is 7.92. The molecule has 8 heteroatoms. The molecule has 0 aliphatic carbocycles. The summed E-state index contributed by atoms with van der Waals surface area (Å²) in [6.45, 7) is 0. The lowest BCUT2D eigenvalue weighted by Crippen LogP contribution is -2.13. The van der Waals surface area contributed by atoms with Gasteiger partial charge in [-0.1, -0.05) is 11.6 Å². The number of rotatable bonds is 4. The smallest absolute Gasteiger partial charge is 0.261 e. The maximum atomic E-state index is 13.3. The van der Waals surface area contributed by atoms with E-state index < -0.39 is 15.8 Å². The van der Waals surface area contributed by atoms with Crippen molar-refractivity contribution in [3.05, 3.63) is 53.3 Å². The average molecular weight is 316 g/mol. The number of hydrazine groups is 1. The van der Waals surface area contributed by atoms with Gasteiger partial charge in [0.05, 0.1) is 15.6 Å². The van der Waals surface area contributed by atoms with Crippen LogP contribution in [0.2, 0.25) is 5.02 Å². The van der Waals surface area contributed by atoms with Gasteiger partial charge in [-0.2, -0.15) is 0 Å². The fraction of sp³-hybridized carbons (Fsp3) is 0. The van der Waals surface area contributed by atoms with Crippen LogP contribution < -0.4 is 16.0 Å².